The summed E-state index contributed by atoms with van der Waals surface area (Å²) in [6.07, 6.45) is 0. The summed E-state index contributed by atoms with van der Waals surface area (Å²) in [7, 11) is -4.39. The van der Waals surface area contributed by atoms with Crippen LogP contribution in [0.4, 0.5) is 11.4 Å². The first-order valence-corrected chi connectivity index (χ1v) is 7.25. The first kappa shape index (κ1) is 10.1. The van der Waals surface area contributed by atoms with Crippen LogP contribution in [0.5, 0.6) is 0 Å². The molecule has 0 fully saturated rings. The maximum absolute atomic E-state index is 9.20. The van der Waals surface area contributed by atoms with E-state index >= 15 is 0 Å². The molecule has 0 aliphatic rings. The quantitative estimate of drug-likeness (QED) is 0.472. The van der Waals surface area contributed by atoms with E-state index in [4.69, 9.17) is 39.6 Å². The minimum absolute atomic E-state index is 0.253. The second-order valence-corrected chi connectivity index (χ2v) is 5.62. The summed E-state index contributed by atoms with van der Waals surface area (Å²) in [4.78, 5) is 5.94. The fourth-order valence-electron chi connectivity index (χ4n) is 1.70. The summed E-state index contributed by atoms with van der Waals surface area (Å²) >= 11 is 0. The Morgan fingerprint density at radius 1 is 0.926 bits per heavy atom. The number of benzene rings is 2. The van der Waals surface area contributed by atoms with Crippen LogP contribution in [0.25, 0.3) is 9.69 Å². The van der Waals surface area contributed by atoms with Crippen LogP contribution in [0, 0.1) is 20.0 Å². The van der Waals surface area contributed by atoms with Crippen molar-refractivity contribution in [3.63, 3.8) is 0 Å². The molecule has 0 aromatic heterocycles. The van der Waals surface area contributed by atoms with Crippen molar-refractivity contribution < 1.29 is 36.5 Å². The van der Waals surface area contributed by atoms with E-state index in [1.54, 1.807) is 0 Å². The van der Waals surface area contributed by atoms with E-state index in [1.165, 1.54) is 13.8 Å². The second kappa shape index (κ2) is 9.36. The highest BCUT2D eigenvalue weighted by Gasteiger charge is 2.20. The lowest BCUT2D eigenvalue weighted by atomic mass is 9.77. The molecule has 0 amide bonds. The van der Waals surface area contributed by atoms with Crippen LogP contribution in [0.1, 0.15) is 48.3 Å². The van der Waals surface area contributed by atoms with Gasteiger partial charge in [-0.05, 0) is 34.3 Å². The van der Waals surface area contributed by atoms with E-state index in [-0.39, 0.29) is 5.56 Å². The van der Waals surface area contributed by atoms with Gasteiger partial charge in [-0.3, -0.25) is 0 Å². The lowest BCUT2D eigenvalue weighted by Gasteiger charge is -2.21. The summed E-state index contributed by atoms with van der Waals surface area (Å²) in [6.45, 7) is 11.2. The van der Waals surface area contributed by atoms with Gasteiger partial charge in [0.05, 0.1) is 18.6 Å². The number of hydrogen-bond donors (Lipinski definition) is 4. The molecule has 8 heteroatoms. The maximum Gasteiger partial charge on any atom is 0.487 e. The predicted molar refractivity (Wildman–Crippen MR) is 108 cm³/mol. The molecular weight excluding hydrogens is 342 g/mol. The van der Waals surface area contributed by atoms with E-state index in [0.717, 1.165) is 0 Å². The van der Waals surface area contributed by atoms with Crippen LogP contribution in [-0.4, -0.2) is 34.3 Å². The number of hydrogen-bond acceptors (Lipinski definition) is 4. The van der Waals surface area contributed by atoms with Gasteiger partial charge in [-0.15, -0.1) is 0 Å². The third-order valence-corrected chi connectivity index (χ3v) is 2.99. The van der Waals surface area contributed by atoms with Crippen LogP contribution in [0.15, 0.2) is 36.3 Å². The van der Waals surface area contributed by atoms with Crippen molar-refractivity contribution in [1.82, 2.24) is 0 Å². The van der Waals surface area contributed by atoms with Crippen LogP contribution >= 0.6 is 0 Å². The second-order valence-electron chi connectivity index (χ2n) is 5.62. The Balaban J connectivity index is 0.000000395. The van der Waals surface area contributed by atoms with E-state index in [0.29, 0.717) is 0 Å². The van der Waals surface area contributed by atoms with Gasteiger partial charge in [-0.1, -0.05) is 57.0 Å². The Hall–Kier alpha value is -2.61. The molecule has 6 nitrogen and oxygen atoms in total. The fourth-order valence-corrected chi connectivity index (χ4v) is 1.70. The van der Waals surface area contributed by atoms with Crippen molar-refractivity contribution >= 4 is 36.5 Å². The zero-order chi connectivity index (χ0) is 31.0. The van der Waals surface area contributed by atoms with Crippen molar-refractivity contribution in [2.45, 2.75) is 33.0 Å². The molecule has 0 heterocycles. The van der Waals surface area contributed by atoms with Crippen molar-refractivity contribution in [2.75, 3.05) is 0 Å². The zero-order valence-electron chi connectivity index (χ0n) is 26.3. The molecule has 0 bridgehead atoms. The van der Waals surface area contributed by atoms with E-state index in [2.05, 4.69) is 9.69 Å². The average Bonchev–Trinajstić information content (AvgIpc) is 2.76. The normalized spacial score (nSPS) is 17.5. The van der Waals surface area contributed by atoms with E-state index in [1.807, 2.05) is 0 Å². The van der Waals surface area contributed by atoms with Gasteiger partial charge in [0.15, 0.2) is 11.4 Å². The molecule has 0 radical (unpaired) electrons. The summed E-state index contributed by atoms with van der Waals surface area (Å²) in [5.41, 5.74) is -4.91. The Morgan fingerprint density at radius 3 is 1.89 bits per heavy atom. The van der Waals surface area contributed by atoms with Gasteiger partial charge in [0.25, 0.3) is 0 Å². The van der Waals surface area contributed by atoms with Crippen molar-refractivity contribution in [3.05, 3.63) is 70.2 Å². The molecule has 2 aromatic rings. The van der Waals surface area contributed by atoms with Crippen molar-refractivity contribution in [3.8, 4) is 0 Å². The molecule has 2 rings (SSSR count). The molecule has 0 aliphatic heterocycles. The highest BCUT2D eigenvalue weighted by atomic mass is 16.4. The largest absolute Gasteiger partial charge is 0.487 e. The molecule has 0 aliphatic carbocycles. The molecule has 138 valence electrons. The molecule has 0 spiro atoms. The first-order valence-electron chi connectivity index (χ1n) is 13.3. The Kier molecular flexibility index (Phi) is 3.49. The first-order chi connectivity index (χ1) is 17.5. The Morgan fingerprint density at radius 2 is 1.44 bits per heavy atom. The molecule has 0 unspecified atom stereocenters. The van der Waals surface area contributed by atoms with Gasteiger partial charge in [0.1, 0.15) is 0 Å². The molecule has 27 heavy (non-hydrogen) atoms. The SMILES string of the molecule is [2H]c1c([2H])c(C(C)(C)C([2H])([2H])[2H])c([N+]#[C-])c([2H])c1B(O)O.[2H]c1c([2H])c(C([2H])([2H])[2H])c([N+]#[C-])c([2H])c1B(O)O. The fraction of sp³-hybridized carbons (Fsp3) is 0.263. The molecular formula is C19H22B2N2O4. The maximum atomic E-state index is 9.20. The number of rotatable bonds is 2. The van der Waals surface area contributed by atoms with Crippen LogP contribution in [0.3, 0.4) is 0 Å². The minimum Gasteiger partial charge on any atom is -0.423 e. The van der Waals surface area contributed by atoms with Crippen LogP contribution < -0.4 is 10.9 Å². The van der Waals surface area contributed by atoms with Gasteiger partial charge in [-0.25, -0.2) is 9.69 Å². The zero-order valence-corrected chi connectivity index (χ0v) is 14.3. The van der Waals surface area contributed by atoms with Crippen LogP contribution in [0.2, 0.25) is 0 Å². The van der Waals surface area contributed by atoms with E-state index < -0.39 is 97.5 Å². The van der Waals surface area contributed by atoms with Gasteiger partial charge < -0.3 is 20.1 Å². The Labute approximate surface area is 177 Å². The van der Waals surface area contributed by atoms with Crippen LogP contribution in [-0.2, 0) is 5.41 Å². The predicted octanol–water partition coefficient (Wildman–Crippen LogP) is 1.44. The molecule has 2 aromatic carbocycles. The summed E-state index contributed by atoms with van der Waals surface area (Å²) < 4.78 is 90.3. The highest BCUT2D eigenvalue weighted by Crippen LogP contribution is 2.30. The standard InChI is InChI=1S/C11H14BNO2.C8H8BNO2/c1-11(2,3)9-6-5-8(12(14)15)7-10(9)13-4;1-6-3-4-7(9(11)12)5-8(6)10-2/h5-7,14-15H,1-3H3;3-5,11-12H,1H3/i1D3,5D,6D,7D;1D3,3D,4D,5D. The molecule has 0 saturated carbocycles. The molecule has 0 saturated heterocycles. The molecule has 0 atom stereocenters. The summed E-state index contributed by atoms with van der Waals surface area (Å²) in [5, 5.41) is 36.4. The van der Waals surface area contributed by atoms with Gasteiger partial charge >= 0.3 is 14.2 Å². The topological polar surface area (TPSA) is 89.6 Å². The van der Waals surface area contributed by atoms with Crippen molar-refractivity contribution in [2.24, 2.45) is 0 Å². The third-order valence-electron chi connectivity index (χ3n) is 2.99. The average molecular weight is 376 g/mol. The molecule has 4 N–H and O–H groups in total. The van der Waals surface area contributed by atoms with Gasteiger partial charge in [-0.2, -0.15) is 0 Å². The monoisotopic (exact) mass is 376 g/mol. The lowest BCUT2D eigenvalue weighted by Crippen LogP contribution is -2.30. The summed E-state index contributed by atoms with van der Waals surface area (Å²) in [6, 6.07) is -4.18. The minimum atomic E-state index is -2.82. The lowest BCUT2D eigenvalue weighted by molar-refractivity contribution is 0.424. The van der Waals surface area contributed by atoms with Gasteiger partial charge in [0, 0.05) is 11.0 Å². The highest BCUT2D eigenvalue weighted by molar-refractivity contribution is 6.59. The third kappa shape index (κ3) is 6.25. The smallest absolute Gasteiger partial charge is 0.423 e. The van der Waals surface area contributed by atoms with Crippen molar-refractivity contribution in [1.29, 1.82) is 0 Å². The number of nitrogens with zero attached hydrogens (tertiary/aromatic N) is 2. The van der Waals surface area contributed by atoms with E-state index in [9.17, 15) is 10.0 Å². The summed E-state index contributed by atoms with van der Waals surface area (Å²) in [5.74, 6) is 0. The van der Waals surface area contributed by atoms with Gasteiger partial charge in [0.2, 0.25) is 0 Å². The Bertz CT molecular complexity index is 1360.